The molecule has 0 aliphatic carbocycles. The monoisotopic (exact) mass is 352 g/mol. The minimum absolute atomic E-state index is 0.164. The fourth-order valence-electron chi connectivity index (χ4n) is 1.91. The summed E-state index contributed by atoms with van der Waals surface area (Å²) >= 11 is 0. The van der Waals surface area contributed by atoms with Gasteiger partial charge in [-0.25, -0.2) is 13.2 Å². The molecule has 2 rings (SSSR count). The second kappa shape index (κ2) is 7.69. The zero-order valence-corrected chi connectivity index (χ0v) is 13.4. The molecule has 132 valence electrons. The molecule has 2 N–H and O–H groups in total. The molecule has 0 spiro atoms. The zero-order chi connectivity index (χ0) is 18.6. The summed E-state index contributed by atoms with van der Waals surface area (Å²) in [6, 6.07) is 7.87. The summed E-state index contributed by atoms with van der Waals surface area (Å²) in [6.45, 7) is 3.58. The largest absolute Gasteiger partial charge is 0.489 e. The highest BCUT2D eigenvalue weighted by Gasteiger charge is 2.20. The molecule has 0 unspecified atom stereocenters. The third-order valence-corrected chi connectivity index (χ3v) is 2.99. The zero-order valence-electron chi connectivity index (χ0n) is 13.4. The summed E-state index contributed by atoms with van der Waals surface area (Å²) in [5.41, 5.74) is -0.409. The number of hydrogen-bond acceptors (Lipinski definition) is 3. The van der Waals surface area contributed by atoms with Crippen LogP contribution in [0.4, 0.5) is 24.5 Å². The molecule has 0 aromatic heterocycles. The van der Waals surface area contributed by atoms with Crippen molar-refractivity contribution < 1.29 is 27.5 Å². The Morgan fingerprint density at radius 3 is 2.12 bits per heavy atom. The minimum Gasteiger partial charge on any atom is -0.489 e. The van der Waals surface area contributed by atoms with Gasteiger partial charge in [0.05, 0.1) is 17.5 Å². The van der Waals surface area contributed by atoms with Crippen LogP contribution in [-0.4, -0.2) is 17.9 Å². The summed E-state index contributed by atoms with van der Waals surface area (Å²) in [7, 11) is 0. The number of amides is 2. The lowest BCUT2D eigenvalue weighted by molar-refractivity contribution is -0.133. The first-order valence-corrected chi connectivity index (χ1v) is 7.31. The number of halogens is 3. The van der Waals surface area contributed by atoms with E-state index in [0.29, 0.717) is 11.8 Å². The SMILES string of the molecule is CC(C)Oc1ccccc1NC(=O)C(=O)Nc1ccc(F)c(F)c1F. The van der Waals surface area contributed by atoms with Crippen LogP contribution in [0.1, 0.15) is 13.8 Å². The first-order chi connectivity index (χ1) is 11.8. The smallest absolute Gasteiger partial charge is 0.314 e. The molecule has 8 heteroatoms. The van der Waals surface area contributed by atoms with Crippen molar-refractivity contribution in [2.24, 2.45) is 0 Å². The molecule has 0 saturated carbocycles. The van der Waals surface area contributed by atoms with Crippen LogP contribution in [0.15, 0.2) is 36.4 Å². The highest BCUT2D eigenvalue weighted by atomic mass is 19.2. The lowest BCUT2D eigenvalue weighted by atomic mass is 10.2. The van der Waals surface area contributed by atoms with Gasteiger partial charge in [0, 0.05) is 0 Å². The molecule has 0 atom stereocenters. The van der Waals surface area contributed by atoms with E-state index in [9.17, 15) is 22.8 Å². The molecule has 2 aromatic carbocycles. The number of benzene rings is 2. The number of carbonyl (C=O) groups is 2. The molecule has 0 fully saturated rings. The quantitative estimate of drug-likeness (QED) is 0.654. The van der Waals surface area contributed by atoms with E-state index in [1.54, 1.807) is 32.0 Å². The Labute approximate surface area is 141 Å². The van der Waals surface area contributed by atoms with Crippen molar-refractivity contribution in [1.82, 2.24) is 0 Å². The number of ether oxygens (including phenoxy) is 1. The van der Waals surface area contributed by atoms with Crippen molar-refractivity contribution in [3.8, 4) is 5.75 Å². The van der Waals surface area contributed by atoms with Gasteiger partial charge in [0.15, 0.2) is 17.5 Å². The summed E-state index contributed by atoms with van der Waals surface area (Å²) in [6.07, 6.45) is -0.164. The predicted octanol–water partition coefficient (Wildman–Crippen LogP) is 3.47. The van der Waals surface area contributed by atoms with Crippen molar-refractivity contribution >= 4 is 23.2 Å². The van der Waals surface area contributed by atoms with Crippen LogP contribution >= 0.6 is 0 Å². The van der Waals surface area contributed by atoms with Gasteiger partial charge in [0.2, 0.25) is 0 Å². The average Bonchev–Trinajstić information content (AvgIpc) is 2.56. The van der Waals surface area contributed by atoms with E-state index in [1.165, 1.54) is 6.07 Å². The standard InChI is InChI=1S/C17H15F3N2O3/c1-9(2)25-13-6-4-3-5-11(13)21-16(23)17(24)22-12-8-7-10(18)14(19)15(12)20/h3-9H,1-2H3,(H,21,23)(H,22,24). The minimum atomic E-state index is -1.74. The van der Waals surface area contributed by atoms with Gasteiger partial charge in [0.1, 0.15) is 5.75 Å². The predicted molar refractivity (Wildman–Crippen MR) is 85.8 cm³/mol. The van der Waals surface area contributed by atoms with Crippen LogP contribution in [0.5, 0.6) is 5.75 Å². The van der Waals surface area contributed by atoms with Gasteiger partial charge in [-0.2, -0.15) is 0 Å². The van der Waals surface area contributed by atoms with Crippen molar-refractivity contribution in [3.63, 3.8) is 0 Å². The Bertz CT molecular complexity index is 810. The third-order valence-electron chi connectivity index (χ3n) is 2.99. The molecule has 2 aromatic rings. The maximum absolute atomic E-state index is 13.5. The van der Waals surface area contributed by atoms with Crippen molar-refractivity contribution in [2.45, 2.75) is 20.0 Å². The average molecular weight is 352 g/mol. The lowest BCUT2D eigenvalue weighted by Gasteiger charge is -2.14. The van der Waals surface area contributed by atoms with Gasteiger partial charge in [-0.1, -0.05) is 12.1 Å². The molecule has 2 amide bonds. The van der Waals surface area contributed by atoms with E-state index in [4.69, 9.17) is 4.74 Å². The summed E-state index contributed by atoms with van der Waals surface area (Å²) in [4.78, 5) is 23.8. The van der Waals surface area contributed by atoms with Crippen LogP contribution in [-0.2, 0) is 9.59 Å². The van der Waals surface area contributed by atoms with Crippen LogP contribution < -0.4 is 15.4 Å². The molecular formula is C17H15F3N2O3. The van der Waals surface area contributed by atoms with Crippen LogP contribution in [0, 0.1) is 17.5 Å². The van der Waals surface area contributed by atoms with Gasteiger partial charge < -0.3 is 15.4 Å². The Morgan fingerprint density at radius 2 is 1.48 bits per heavy atom. The molecule has 5 nitrogen and oxygen atoms in total. The van der Waals surface area contributed by atoms with Gasteiger partial charge in [-0.05, 0) is 38.1 Å². The molecule has 0 aliphatic heterocycles. The number of nitrogens with one attached hydrogen (secondary N) is 2. The Balaban J connectivity index is 2.12. The van der Waals surface area contributed by atoms with Gasteiger partial charge in [0.25, 0.3) is 0 Å². The topological polar surface area (TPSA) is 67.4 Å². The van der Waals surface area contributed by atoms with Crippen LogP contribution in [0.3, 0.4) is 0 Å². The summed E-state index contributed by atoms with van der Waals surface area (Å²) < 4.78 is 45.1. The third kappa shape index (κ3) is 4.50. The second-order valence-corrected chi connectivity index (χ2v) is 5.29. The number of rotatable bonds is 4. The van der Waals surface area contributed by atoms with Crippen molar-refractivity contribution in [1.29, 1.82) is 0 Å². The lowest BCUT2D eigenvalue weighted by Crippen LogP contribution is -2.29. The Kier molecular flexibility index (Phi) is 5.63. The molecule has 25 heavy (non-hydrogen) atoms. The molecule has 0 bridgehead atoms. The number of anilines is 2. The summed E-state index contributed by atoms with van der Waals surface area (Å²) in [5.74, 6) is -6.76. The fraction of sp³-hybridized carbons (Fsp3) is 0.176. The first kappa shape index (κ1) is 18.3. The maximum atomic E-state index is 13.5. The van der Waals surface area contributed by atoms with E-state index < -0.39 is 35.0 Å². The first-order valence-electron chi connectivity index (χ1n) is 7.31. The Hall–Kier alpha value is -3.03. The molecule has 0 radical (unpaired) electrons. The van der Waals surface area contributed by atoms with Gasteiger partial charge in [-0.15, -0.1) is 0 Å². The van der Waals surface area contributed by atoms with E-state index in [1.807, 2.05) is 5.32 Å². The van der Waals surface area contributed by atoms with E-state index in [2.05, 4.69) is 5.32 Å². The maximum Gasteiger partial charge on any atom is 0.314 e. The summed E-state index contributed by atoms with van der Waals surface area (Å²) in [5, 5.41) is 4.20. The fourth-order valence-corrected chi connectivity index (χ4v) is 1.91. The number of para-hydroxylation sites is 2. The highest BCUT2D eigenvalue weighted by Crippen LogP contribution is 2.25. The molecule has 0 aliphatic rings. The molecular weight excluding hydrogens is 337 g/mol. The van der Waals surface area contributed by atoms with Crippen molar-refractivity contribution in [2.75, 3.05) is 10.6 Å². The van der Waals surface area contributed by atoms with Crippen LogP contribution in [0.2, 0.25) is 0 Å². The normalized spacial score (nSPS) is 10.5. The van der Waals surface area contributed by atoms with E-state index in [-0.39, 0.29) is 11.8 Å². The number of carbonyl (C=O) groups excluding carboxylic acids is 2. The van der Waals surface area contributed by atoms with E-state index >= 15 is 0 Å². The molecule has 0 saturated heterocycles. The number of hydrogen-bond donors (Lipinski definition) is 2. The van der Waals surface area contributed by atoms with Gasteiger partial charge in [-0.3, -0.25) is 9.59 Å². The van der Waals surface area contributed by atoms with Gasteiger partial charge >= 0.3 is 11.8 Å². The Morgan fingerprint density at radius 1 is 0.880 bits per heavy atom. The second-order valence-electron chi connectivity index (χ2n) is 5.29. The molecule has 0 heterocycles. The van der Waals surface area contributed by atoms with Crippen LogP contribution in [0.25, 0.3) is 0 Å². The van der Waals surface area contributed by atoms with Crippen molar-refractivity contribution in [3.05, 3.63) is 53.8 Å². The highest BCUT2D eigenvalue weighted by molar-refractivity contribution is 6.43. The van der Waals surface area contributed by atoms with E-state index in [0.717, 1.165) is 6.07 Å².